The summed E-state index contributed by atoms with van der Waals surface area (Å²) < 4.78 is 1.98. The fourth-order valence-corrected chi connectivity index (χ4v) is 3.67. The molecular weight excluding hydrogens is 334 g/mol. The molecular formula is C22H19N5. The summed E-state index contributed by atoms with van der Waals surface area (Å²) in [6.45, 7) is 1.97. The minimum atomic E-state index is 0.481. The summed E-state index contributed by atoms with van der Waals surface area (Å²) in [5, 5.41) is 1.11. The largest absolute Gasteiger partial charge is 0.382 e. The molecule has 0 amide bonds. The number of imidazole rings is 1. The molecule has 132 valence electrons. The highest BCUT2D eigenvalue weighted by Gasteiger charge is 2.14. The van der Waals surface area contributed by atoms with Crippen LogP contribution in [0.2, 0.25) is 0 Å². The predicted molar refractivity (Wildman–Crippen MR) is 109 cm³/mol. The molecule has 5 rings (SSSR count). The maximum atomic E-state index is 6.14. The van der Waals surface area contributed by atoms with Crippen LogP contribution in [0.3, 0.4) is 0 Å². The lowest BCUT2D eigenvalue weighted by molar-refractivity contribution is 1.03. The average Bonchev–Trinajstić information content (AvgIpc) is 3.06. The molecule has 2 N–H and O–H groups in total. The van der Waals surface area contributed by atoms with Gasteiger partial charge in [-0.2, -0.15) is 0 Å². The maximum Gasteiger partial charge on any atom is 0.150 e. The van der Waals surface area contributed by atoms with Crippen LogP contribution in [0, 0.1) is 6.92 Å². The zero-order valence-electron chi connectivity index (χ0n) is 15.1. The quantitative estimate of drug-likeness (QED) is 0.573. The number of nitrogens with zero attached hydrogens (tertiary/aromatic N) is 4. The molecule has 0 radical (unpaired) electrons. The number of aryl methyl sites for hydroxylation is 1. The molecule has 0 aliphatic heterocycles. The number of fused-ring (bicyclic) bond motifs is 2. The Morgan fingerprint density at radius 1 is 1.11 bits per heavy atom. The van der Waals surface area contributed by atoms with Crippen LogP contribution in [0.5, 0.6) is 0 Å². The van der Waals surface area contributed by atoms with Gasteiger partial charge in [-0.15, -0.1) is 0 Å². The molecule has 0 fully saturated rings. The van der Waals surface area contributed by atoms with Crippen LogP contribution in [-0.2, 0) is 0 Å². The lowest BCUT2D eigenvalue weighted by Crippen LogP contribution is -1.96. The van der Waals surface area contributed by atoms with Gasteiger partial charge in [0, 0.05) is 23.3 Å². The third-order valence-corrected chi connectivity index (χ3v) is 5.07. The second-order valence-electron chi connectivity index (χ2n) is 6.80. The van der Waals surface area contributed by atoms with Crippen molar-refractivity contribution in [3.05, 3.63) is 72.5 Å². The predicted octanol–water partition coefficient (Wildman–Crippen LogP) is 4.57. The number of allylic oxidation sites excluding steroid dienone is 4. The lowest BCUT2D eigenvalue weighted by Gasteiger charge is -2.10. The molecule has 1 aliphatic carbocycles. The summed E-state index contributed by atoms with van der Waals surface area (Å²) in [6.07, 6.45) is 12.1. The maximum absolute atomic E-state index is 6.14. The van der Waals surface area contributed by atoms with Crippen molar-refractivity contribution < 1.29 is 0 Å². The second kappa shape index (κ2) is 6.06. The zero-order valence-corrected chi connectivity index (χ0v) is 15.1. The van der Waals surface area contributed by atoms with Crippen molar-refractivity contribution in [3.63, 3.8) is 0 Å². The SMILES string of the molecule is Cc1nc(-c2ccc3ccc(C4=CC=CCC4)nc3c2)c2c(N)nccn12. The number of anilines is 1. The van der Waals surface area contributed by atoms with Crippen molar-refractivity contribution in [2.45, 2.75) is 19.8 Å². The third kappa shape index (κ3) is 2.59. The molecule has 0 saturated carbocycles. The Morgan fingerprint density at radius 3 is 2.85 bits per heavy atom. The first-order valence-electron chi connectivity index (χ1n) is 9.07. The van der Waals surface area contributed by atoms with Gasteiger partial charge in [0.15, 0.2) is 0 Å². The van der Waals surface area contributed by atoms with Crippen LogP contribution in [0.15, 0.2) is 61.0 Å². The average molecular weight is 353 g/mol. The van der Waals surface area contributed by atoms with E-state index in [1.165, 1.54) is 5.57 Å². The Morgan fingerprint density at radius 2 is 2.00 bits per heavy atom. The van der Waals surface area contributed by atoms with E-state index in [1.807, 2.05) is 17.5 Å². The highest BCUT2D eigenvalue weighted by molar-refractivity contribution is 5.91. The van der Waals surface area contributed by atoms with E-state index < -0.39 is 0 Å². The van der Waals surface area contributed by atoms with Gasteiger partial charge < -0.3 is 5.73 Å². The summed E-state index contributed by atoms with van der Waals surface area (Å²) >= 11 is 0. The van der Waals surface area contributed by atoms with E-state index >= 15 is 0 Å². The molecule has 5 heteroatoms. The summed E-state index contributed by atoms with van der Waals surface area (Å²) in [5.74, 6) is 1.36. The van der Waals surface area contributed by atoms with Gasteiger partial charge >= 0.3 is 0 Å². The minimum absolute atomic E-state index is 0.481. The lowest BCUT2D eigenvalue weighted by atomic mass is 10.0. The first kappa shape index (κ1) is 15.8. The van der Waals surface area contributed by atoms with Gasteiger partial charge in [-0.05, 0) is 37.5 Å². The van der Waals surface area contributed by atoms with Crippen molar-refractivity contribution >= 4 is 27.8 Å². The molecule has 27 heavy (non-hydrogen) atoms. The molecule has 5 nitrogen and oxygen atoms in total. The Hall–Kier alpha value is -3.47. The molecule has 1 aromatic carbocycles. The van der Waals surface area contributed by atoms with Crippen LogP contribution in [0.1, 0.15) is 24.4 Å². The molecule has 0 saturated heterocycles. The van der Waals surface area contributed by atoms with Crippen LogP contribution in [-0.4, -0.2) is 19.4 Å². The number of hydrogen-bond acceptors (Lipinski definition) is 4. The van der Waals surface area contributed by atoms with Gasteiger partial charge in [0.05, 0.1) is 11.2 Å². The van der Waals surface area contributed by atoms with Crippen LogP contribution in [0.25, 0.3) is 33.3 Å². The van der Waals surface area contributed by atoms with E-state index in [9.17, 15) is 0 Å². The Labute approximate surface area is 156 Å². The molecule has 0 atom stereocenters. The molecule has 0 spiro atoms. The molecule has 3 aromatic heterocycles. The topological polar surface area (TPSA) is 69.1 Å². The van der Waals surface area contributed by atoms with E-state index in [1.54, 1.807) is 6.20 Å². The van der Waals surface area contributed by atoms with E-state index in [0.717, 1.165) is 52.0 Å². The number of aromatic nitrogens is 4. The summed E-state index contributed by atoms with van der Waals surface area (Å²) in [6, 6.07) is 10.5. The molecule has 3 heterocycles. The highest BCUT2D eigenvalue weighted by Crippen LogP contribution is 2.31. The fraction of sp³-hybridized carbons (Fsp3) is 0.136. The number of benzene rings is 1. The standard InChI is InChI=1S/C22H19N5/c1-14-25-20(21-22(23)24-11-12-27(14)21)17-8-7-16-9-10-18(26-19(16)13-17)15-5-3-2-4-6-15/h2-3,5,7-13H,4,6H2,1H3,(H2,23,24). The normalized spacial score (nSPS) is 14.0. The zero-order chi connectivity index (χ0) is 18.4. The smallest absolute Gasteiger partial charge is 0.150 e. The second-order valence-corrected chi connectivity index (χ2v) is 6.80. The first-order chi connectivity index (χ1) is 13.2. The monoisotopic (exact) mass is 353 g/mol. The minimum Gasteiger partial charge on any atom is -0.382 e. The van der Waals surface area contributed by atoms with Gasteiger partial charge in [0.1, 0.15) is 22.9 Å². The van der Waals surface area contributed by atoms with Gasteiger partial charge in [-0.1, -0.05) is 36.4 Å². The molecule has 4 aromatic rings. The van der Waals surface area contributed by atoms with Crippen molar-refractivity contribution in [1.29, 1.82) is 0 Å². The van der Waals surface area contributed by atoms with Crippen molar-refractivity contribution in [2.75, 3.05) is 5.73 Å². The number of pyridine rings is 1. The number of nitrogens with two attached hydrogens (primary N) is 1. The van der Waals surface area contributed by atoms with Gasteiger partial charge in [0.2, 0.25) is 0 Å². The third-order valence-electron chi connectivity index (χ3n) is 5.07. The molecule has 0 unspecified atom stereocenters. The summed E-state index contributed by atoms with van der Waals surface area (Å²) in [5.41, 5.74) is 12.1. The van der Waals surface area contributed by atoms with Gasteiger partial charge in [0.25, 0.3) is 0 Å². The number of hydrogen-bond donors (Lipinski definition) is 1. The van der Waals surface area contributed by atoms with Crippen molar-refractivity contribution in [3.8, 4) is 11.3 Å². The van der Waals surface area contributed by atoms with E-state index in [0.29, 0.717) is 5.82 Å². The Kier molecular flexibility index (Phi) is 3.53. The molecule has 1 aliphatic rings. The Balaban J connectivity index is 1.69. The summed E-state index contributed by atoms with van der Waals surface area (Å²) in [4.78, 5) is 13.9. The summed E-state index contributed by atoms with van der Waals surface area (Å²) in [7, 11) is 0. The van der Waals surface area contributed by atoms with Crippen LogP contribution < -0.4 is 5.73 Å². The number of rotatable bonds is 2. The van der Waals surface area contributed by atoms with E-state index in [-0.39, 0.29) is 0 Å². The van der Waals surface area contributed by atoms with Crippen LogP contribution in [0.4, 0.5) is 5.82 Å². The van der Waals surface area contributed by atoms with Crippen molar-refractivity contribution in [2.24, 2.45) is 0 Å². The molecule has 0 bridgehead atoms. The van der Waals surface area contributed by atoms with E-state index in [4.69, 9.17) is 15.7 Å². The Bertz CT molecular complexity index is 1250. The first-order valence-corrected chi connectivity index (χ1v) is 9.07. The fourth-order valence-electron chi connectivity index (χ4n) is 3.67. The van der Waals surface area contributed by atoms with Crippen LogP contribution >= 0.6 is 0 Å². The van der Waals surface area contributed by atoms with Crippen molar-refractivity contribution in [1.82, 2.24) is 19.4 Å². The van der Waals surface area contributed by atoms with Gasteiger partial charge in [-0.3, -0.25) is 4.40 Å². The number of nitrogen functional groups attached to an aromatic ring is 1. The highest BCUT2D eigenvalue weighted by atomic mass is 15.1. The van der Waals surface area contributed by atoms with Gasteiger partial charge in [-0.25, -0.2) is 15.0 Å². The van der Waals surface area contributed by atoms with E-state index in [2.05, 4.69) is 53.5 Å².